The van der Waals surface area contributed by atoms with Crippen molar-refractivity contribution in [2.24, 2.45) is 0 Å². The van der Waals surface area contributed by atoms with Crippen LogP contribution in [-0.2, 0) is 22.6 Å². The molecule has 5 rings (SSSR count). The molecule has 7 heteroatoms. The Bertz CT molecular complexity index is 1220. The van der Waals surface area contributed by atoms with E-state index in [1.807, 2.05) is 27.3 Å². The molecule has 1 fully saturated rings. The average Bonchev–Trinajstić information content (AvgIpc) is 3.37. The maximum absolute atomic E-state index is 14.0. The number of benzene rings is 2. The van der Waals surface area contributed by atoms with Gasteiger partial charge in [-0.1, -0.05) is 42.0 Å². The quantitative estimate of drug-likeness (QED) is 0.484. The third-order valence-electron chi connectivity index (χ3n) is 7.26. The monoisotopic (exact) mass is 505 g/mol. The maximum atomic E-state index is 14.0. The number of hydrogen-bond donors (Lipinski definition) is 0. The van der Waals surface area contributed by atoms with Crippen LogP contribution in [0.5, 0.6) is 0 Å². The predicted octanol–water partition coefficient (Wildman–Crippen LogP) is 4.79. The summed E-state index contributed by atoms with van der Waals surface area (Å²) in [5.41, 5.74) is 4.39. The second-order valence-corrected chi connectivity index (χ2v) is 10.7. The van der Waals surface area contributed by atoms with E-state index in [1.165, 1.54) is 28.1 Å². The lowest BCUT2D eigenvalue weighted by molar-refractivity contribution is -0.139. The molecule has 1 saturated heterocycles. The molecule has 0 N–H and O–H groups in total. The van der Waals surface area contributed by atoms with Crippen molar-refractivity contribution >= 4 is 23.2 Å². The lowest BCUT2D eigenvalue weighted by Crippen LogP contribution is -2.48. The van der Waals surface area contributed by atoms with Gasteiger partial charge in [-0.25, -0.2) is 4.39 Å². The first-order valence-corrected chi connectivity index (χ1v) is 13.5. The molecular weight excluding hydrogens is 473 g/mol. The van der Waals surface area contributed by atoms with Crippen LogP contribution in [0.25, 0.3) is 0 Å². The fourth-order valence-corrected chi connectivity index (χ4v) is 6.15. The van der Waals surface area contributed by atoms with Gasteiger partial charge in [-0.15, -0.1) is 11.3 Å². The molecule has 3 aromatic rings. The van der Waals surface area contributed by atoms with Crippen molar-refractivity contribution in [2.75, 3.05) is 32.7 Å². The second kappa shape index (κ2) is 10.9. The van der Waals surface area contributed by atoms with E-state index in [0.29, 0.717) is 19.6 Å². The maximum Gasteiger partial charge on any atom is 0.223 e. The molecule has 1 unspecified atom stereocenters. The van der Waals surface area contributed by atoms with Gasteiger partial charge in [0.05, 0.1) is 6.04 Å². The van der Waals surface area contributed by atoms with Gasteiger partial charge in [0.15, 0.2) is 0 Å². The Morgan fingerprint density at radius 1 is 0.944 bits per heavy atom. The highest BCUT2D eigenvalue weighted by Crippen LogP contribution is 2.38. The fourth-order valence-electron chi connectivity index (χ4n) is 5.24. The first kappa shape index (κ1) is 24.7. The summed E-state index contributed by atoms with van der Waals surface area (Å²) in [6.07, 6.45) is 1.18. The predicted molar refractivity (Wildman–Crippen MR) is 140 cm³/mol. The summed E-state index contributed by atoms with van der Waals surface area (Å²) in [7, 11) is 0. The van der Waals surface area contributed by atoms with Crippen LogP contribution in [0, 0.1) is 12.7 Å². The van der Waals surface area contributed by atoms with Crippen molar-refractivity contribution in [1.82, 2.24) is 14.7 Å². The first-order chi connectivity index (χ1) is 17.5. The third-order valence-corrected chi connectivity index (χ3v) is 8.25. The highest BCUT2D eigenvalue weighted by atomic mass is 32.1. The van der Waals surface area contributed by atoms with E-state index in [0.717, 1.165) is 37.2 Å². The van der Waals surface area contributed by atoms with Crippen molar-refractivity contribution in [3.05, 3.63) is 92.9 Å². The molecule has 1 atom stereocenters. The summed E-state index contributed by atoms with van der Waals surface area (Å²) in [5.74, 6) is -0.319. The number of carbonyl (C=O) groups excluding carboxylic acids is 2. The molecule has 188 valence electrons. The minimum atomic E-state index is -0.307. The lowest BCUT2D eigenvalue weighted by Gasteiger charge is -2.37. The molecule has 0 aliphatic carbocycles. The van der Waals surface area contributed by atoms with Crippen molar-refractivity contribution in [3.63, 3.8) is 0 Å². The average molecular weight is 506 g/mol. The highest BCUT2D eigenvalue weighted by molar-refractivity contribution is 7.10. The smallest absolute Gasteiger partial charge is 0.223 e. The van der Waals surface area contributed by atoms with Crippen molar-refractivity contribution in [3.8, 4) is 0 Å². The zero-order valence-electron chi connectivity index (χ0n) is 20.7. The van der Waals surface area contributed by atoms with Crippen LogP contribution >= 0.6 is 11.3 Å². The van der Waals surface area contributed by atoms with Crippen molar-refractivity contribution in [1.29, 1.82) is 0 Å². The number of rotatable bonds is 6. The largest absolute Gasteiger partial charge is 0.340 e. The van der Waals surface area contributed by atoms with Crippen LogP contribution in [0.3, 0.4) is 0 Å². The zero-order valence-corrected chi connectivity index (χ0v) is 21.5. The van der Waals surface area contributed by atoms with Crippen LogP contribution in [0.4, 0.5) is 4.39 Å². The Kier molecular flexibility index (Phi) is 7.48. The van der Waals surface area contributed by atoms with E-state index in [2.05, 4.69) is 36.1 Å². The molecule has 0 radical (unpaired) electrons. The Morgan fingerprint density at radius 3 is 2.44 bits per heavy atom. The van der Waals surface area contributed by atoms with Gasteiger partial charge < -0.3 is 9.80 Å². The Balaban J connectivity index is 1.16. The van der Waals surface area contributed by atoms with E-state index < -0.39 is 0 Å². The van der Waals surface area contributed by atoms with Crippen LogP contribution in [-0.4, -0.2) is 59.2 Å². The summed E-state index contributed by atoms with van der Waals surface area (Å²) in [6, 6.07) is 16.8. The van der Waals surface area contributed by atoms with Gasteiger partial charge >= 0.3 is 0 Å². The van der Waals surface area contributed by atoms with Crippen LogP contribution in [0.1, 0.15) is 46.0 Å². The SMILES string of the molecule is Cc1ccc(CN2CCN(C(=O)CCC(=O)N3CCc4sccc4C3c3cccc(F)c3)CC2)cc1. The van der Waals surface area contributed by atoms with Crippen LogP contribution < -0.4 is 0 Å². The molecule has 1 aromatic heterocycles. The van der Waals surface area contributed by atoms with Crippen molar-refractivity contribution < 1.29 is 14.0 Å². The molecule has 2 aromatic carbocycles. The van der Waals surface area contributed by atoms with Crippen LogP contribution in [0.15, 0.2) is 60.0 Å². The number of fused-ring (bicyclic) bond motifs is 1. The highest BCUT2D eigenvalue weighted by Gasteiger charge is 2.33. The molecule has 0 bridgehead atoms. The van der Waals surface area contributed by atoms with Gasteiger partial charge in [0, 0.05) is 57.0 Å². The summed E-state index contributed by atoms with van der Waals surface area (Å²) >= 11 is 1.68. The number of carbonyl (C=O) groups is 2. The molecule has 0 spiro atoms. The summed E-state index contributed by atoms with van der Waals surface area (Å²) in [4.78, 5) is 33.6. The van der Waals surface area contributed by atoms with E-state index in [1.54, 1.807) is 17.4 Å². The number of halogens is 1. The fraction of sp³-hybridized carbons (Fsp3) is 0.379. The van der Waals surface area contributed by atoms with E-state index in [4.69, 9.17) is 0 Å². The van der Waals surface area contributed by atoms with Crippen molar-refractivity contribution in [2.45, 2.75) is 38.8 Å². The number of aryl methyl sites for hydroxylation is 1. The normalized spacial score (nSPS) is 18.2. The molecule has 3 heterocycles. The van der Waals surface area contributed by atoms with Gasteiger partial charge in [0.2, 0.25) is 11.8 Å². The first-order valence-electron chi connectivity index (χ1n) is 12.6. The van der Waals surface area contributed by atoms with E-state index in [9.17, 15) is 14.0 Å². The third kappa shape index (κ3) is 5.52. The molecule has 0 saturated carbocycles. The number of thiophene rings is 1. The minimum Gasteiger partial charge on any atom is -0.340 e. The number of piperazine rings is 1. The summed E-state index contributed by atoms with van der Waals surface area (Å²) in [6.45, 7) is 6.61. The molecular formula is C29H32FN3O2S. The molecule has 5 nitrogen and oxygen atoms in total. The van der Waals surface area contributed by atoms with E-state index >= 15 is 0 Å². The standard InChI is InChI=1S/C29H32FN3O2S/c1-21-5-7-22(8-6-21)20-31-14-16-32(17-15-31)27(34)9-10-28(35)33-13-11-26-25(12-18-36-26)29(33)23-3-2-4-24(30)19-23/h2-8,12,18-19,29H,9-11,13-17,20H2,1H3. The van der Waals surface area contributed by atoms with Gasteiger partial charge in [0.1, 0.15) is 5.82 Å². The Labute approximate surface area is 216 Å². The van der Waals surface area contributed by atoms with Gasteiger partial charge in [-0.05, 0) is 53.6 Å². The number of amides is 2. The second-order valence-electron chi connectivity index (χ2n) is 9.74. The summed E-state index contributed by atoms with van der Waals surface area (Å²) < 4.78 is 14.0. The Morgan fingerprint density at radius 2 is 1.69 bits per heavy atom. The Hall–Kier alpha value is -3.03. The zero-order chi connectivity index (χ0) is 25.1. The lowest BCUT2D eigenvalue weighted by atomic mass is 9.92. The van der Waals surface area contributed by atoms with Crippen LogP contribution in [0.2, 0.25) is 0 Å². The summed E-state index contributed by atoms with van der Waals surface area (Å²) in [5, 5.41) is 2.03. The number of hydrogen-bond acceptors (Lipinski definition) is 4. The van der Waals surface area contributed by atoms with Gasteiger partial charge in [-0.2, -0.15) is 0 Å². The topological polar surface area (TPSA) is 43.9 Å². The van der Waals surface area contributed by atoms with Gasteiger partial charge in [0.25, 0.3) is 0 Å². The van der Waals surface area contributed by atoms with E-state index in [-0.39, 0.29) is 36.5 Å². The minimum absolute atomic E-state index is 0.0360. The molecule has 2 aliphatic heterocycles. The molecule has 36 heavy (non-hydrogen) atoms. The molecule has 2 amide bonds. The van der Waals surface area contributed by atoms with Gasteiger partial charge in [-0.3, -0.25) is 14.5 Å². The number of nitrogens with zero attached hydrogens (tertiary/aromatic N) is 3. The molecule has 2 aliphatic rings.